The van der Waals surface area contributed by atoms with Crippen LogP contribution in [0.5, 0.6) is 0 Å². The molecule has 22 heavy (non-hydrogen) atoms. The number of anilines is 1. The van der Waals surface area contributed by atoms with Crippen molar-refractivity contribution in [3.8, 4) is 0 Å². The number of carboxylic acids is 1. The summed E-state index contributed by atoms with van der Waals surface area (Å²) >= 11 is 11.7. The molecule has 0 spiro atoms. The summed E-state index contributed by atoms with van der Waals surface area (Å²) in [4.78, 5) is 22.8. The van der Waals surface area contributed by atoms with Crippen molar-refractivity contribution < 1.29 is 14.7 Å². The summed E-state index contributed by atoms with van der Waals surface area (Å²) in [5, 5.41) is 15.0. The van der Waals surface area contributed by atoms with Crippen LogP contribution >= 0.6 is 23.2 Å². The number of amides is 2. The summed E-state index contributed by atoms with van der Waals surface area (Å²) < 4.78 is 0. The van der Waals surface area contributed by atoms with E-state index in [1.54, 1.807) is 18.2 Å². The molecule has 122 valence electrons. The highest BCUT2D eigenvalue weighted by atomic mass is 35.5. The fraction of sp³-hybridized carbons (Fsp3) is 0.467. The molecule has 0 bridgehead atoms. The molecule has 0 saturated carbocycles. The molecule has 1 unspecified atom stereocenters. The topological polar surface area (TPSA) is 78.4 Å². The summed E-state index contributed by atoms with van der Waals surface area (Å²) in [6.07, 6.45) is -0.00342. The van der Waals surface area contributed by atoms with E-state index in [0.717, 1.165) is 0 Å². The van der Waals surface area contributed by atoms with Crippen LogP contribution in [0, 0.1) is 11.3 Å². The van der Waals surface area contributed by atoms with Crippen LogP contribution in [0.1, 0.15) is 27.2 Å². The highest BCUT2D eigenvalue weighted by Crippen LogP contribution is 2.28. The highest BCUT2D eigenvalue weighted by molar-refractivity contribution is 6.42. The molecule has 0 saturated heterocycles. The zero-order valence-electron chi connectivity index (χ0n) is 12.7. The van der Waals surface area contributed by atoms with Gasteiger partial charge in [0.25, 0.3) is 0 Å². The molecular formula is C15H20Cl2N2O3. The number of nitrogens with one attached hydrogen (secondary N) is 2. The lowest BCUT2D eigenvalue weighted by Crippen LogP contribution is -2.38. The lowest BCUT2D eigenvalue weighted by Gasteiger charge is -2.29. The molecule has 0 aliphatic carbocycles. The van der Waals surface area contributed by atoms with Gasteiger partial charge in [-0.25, -0.2) is 4.79 Å². The summed E-state index contributed by atoms with van der Waals surface area (Å²) in [5.74, 6) is -1.06. The fourth-order valence-corrected chi connectivity index (χ4v) is 2.16. The standard InChI is InChI=1S/C15H20Cl2N2O3/c1-15(2,3)9(6-13(20)21)8-18-14(22)19-10-4-5-11(16)12(17)7-10/h4-5,7,9H,6,8H2,1-3H3,(H,20,21)(H2,18,19,22). The van der Waals surface area contributed by atoms with Crippen LogP contribution in [-0.4, -0.2) is 23.7 Å². The van der Waals surface area contributed by atoms with Crippen LogP contribution in [0.2, 0.25) is 10.0 Å². The third-order valence-electron chi connectivity index (χ3n) is 3.33. The van der Waals surface area contributed by atoms with E-state index in [-0.39, 0.29) is 24.3 Å². The monoisotopic (exact) mass is 346 g/mol. The number of hydrogen-bond acceptors (Lipinski definition) is 2. The lowest BCUT2D eigenvalue weighted by molar-refractivity contribution is -0.139. The normalized spacial score (nSPS) is 12.6. The molecule has 1 aromatic carbocycles. The maximum absolute atomic E-state index is 11.9. The molecule has 0 aromatic heterocycles. The van der Waals surface area contributed by atoms with Crippen LogP contribution in [-0.2, 0) is 4.79 Å². The second-order valence-electron chi connectivity index (χ2n) is 6.12. The van der Waals surface area contributed by atoms with Gasteiger partial charge < -0.3 is 15.7 Å². The maximum Gasteiger partial charge on any atom is 0.319 e. The van der Waals surface area contributed by atoms with Gasteiger partial charge in [0.2, 0.25) is 0 Å². The van der Waals surface area contributed by atoms with Crippen molar-refractivity contribution in [2.45, 2.75) is 27.2 Å². The Balaban J connectivity index is 2.60. The number of carbonyl (C=O) groups excluding carboxylic acids is 1. The predicted molar refractivity (Wildman–Crippen MR) is 88.7 cm³/mol. The molecule has 0 fully saturated rings. The Morgan fingerprint density at radius 3 is 2.36 bits per heavy atom. The minimum Gasteiger partial charge on any atom is -0.481 e. The smallest absolute Gasteiger partial charge is 0.319 e. The van der Waals surface area contributed by atoms with Crippen LogP contribution in [0.25, 0.3) is 0 Å². The van der Waals surface area contributed by atoms with Gasteiger partial charge in [0.15, 0.2) is 0 Å². The van der Waals surface area contributed by atoms with E-state index in [9.17, 15) is 9.59 Å². The Morgan fingerprint density at radius 2 is 1.86 bits per heavy atom. The molecule has 3 N–H and O–H groups in total. The number of halogens is 2. The van der Waals surface area contributed by atoms with Crippen LogP contribution in [0.15, 0.2) is 18.2 Å². The molecule has 1 atom stereocenters. The zero-order valence-corrected chi connectivity index (χ0v) is 14.3. The van der Waals surface area contributed by atoms with Gasteiger partial charge in [0, 0.05) is 12.2 Å². The Labute approximate surface area is 140 Å². The number of carbonyl (C=O) groups is 2. The summed E-state index contributed by atoms with van der Waals surface area (Å²) in [5.41, 5.74) is 0.285. The fourth-order valence-electron chi connectivity index (χ4n) is 1.86. The number of hydrogen-bond donors (Lipinski definition) is 3. The molecule has 1 rings (SSSR count). The van der Waals surface area contributed by atoms with Crippen molar-refractivity contribution in [2.24, 2.45) is 11.3 Å². The SMILES string of the molecule is CC(C)(C)C(CNC(=O)Nc1ccc(Cl)c(Cl)c1)CC(=O)O. The quantitative estimate of drug-likeness (QED) is 0.745. The molecule has 2 amide bonds. The minimum absolute atomic E-state index is 0.00342. The number of urea groups is 1. The lowest BCUT2D eigenvalue weighted by atomic mass is 9.79. The van der Waals surface area contributed by atoms with E-state index in [2.05, 4.69) is 10.6 Å². The van der Waals surface area contributed by atoms with Crippen molar-refractivity contribution in [1.29, 1.82) is 0 Å². The van der Waals surface area contributed by atoms with E-state index in [4.69, 9.17) is 28.3 Å². The molecule has 0 aliphatic rings. The molecule has 7 heteroatoms. The molecule has 0 heterocycles. The van der Waals surface area contributed by atoms with Crippen LogP contribution in [0.4, 0.5) is 10.5 Å². The first kappa shape index (κ1) is 18.6. The van der Waals surface area contributed by atoms with Gasteiger partial charge in [-0.1, -0.05) is 44.0 Å². The Morgan fingerprint density at radius 1 is 1.23 bits per heavy atom. The number of benzene rings is 1. The first-order chi connectivity index (χ1) is 10.1. The van der Waals surface area contributed by atoms with Gasteiger partial charge in [0.1, 0.15) is 0 Å². The highest BCUT2D eigenvalue weighted by Gasteiger charge is 2.27. The van der Waals surface area contributed by atoms with E-state index < -0.39 is 12.0 Å². The zero-order chi connectivity index (χ0) is 16.9. The van der Waals surface area contributed by atoms with E-state index in [0.29, 0.717) is 15.7 Å². The molecule has 1 aromatic rings. The van der Waals surface area contributed by atoms with Crippen molar-refractivity contribution in [3.63, 3.8) is 0 Å². The predicted octanol–water partition coefficient (Wildman–Crippen LogP) is 4.25. The first-order valence-electron chi connectivity index (χ1n) is 6.81. The van der Waals surface area contributed by atoms with Crippen LogP contribution in [0.3, 0.4) is 0 Å². The van der Waals surface area contributed by atoms with Gasteiger partial charge in [0.05, 0.1) is 16.5 Å². The summed E-state index contributed by atoms with van der Waals surface area (Å²) in [6.45, 7) is 6.10. The minimum atomic E-state index is -0.883. The first-order valence-corrected chi connectivity index (χ1v) is 7.57. The summed E-state index contributed by atoms with van der Waals surface area (Å²) in [6, 6.07) is 4.34. The molecule has 0 aliphatic heterocycles. The van der Waals surface area contributed by atoms with Crippen molar-refractivity contribution >= 4 is 40.9 Å². The van der Waals surface area contributed by atoms with Crippen LogP contribution < -0.4 is 10.6 Å². The number of carboxylic acid groups (broad SMARTS) is 1. The number of rotatable bonds is 5. The van der Waals surface area contributed by atoms with Crippen molar-refractivity contribution in [2.75, 3.05) is 11.9 Å². The van der Waals surface area contributed by atoms with Gasteiger partial charge in [-0.3, -0.25) is 4.79 Å². The summed E-state index contributed by atoms with van der Waals surface area (Å²) in [7, 11) is 0. The van der Waals surface area contributed by atoms with Gasteiger partial charge in [-0.15, -0.1) is 0 Å². The average molecular weight is 347 g/mol. The molecule has 0 radical (unpaired) electrons. The second kappa shape index (κ2) is 7.70. The van der Waals surface area contributed by atoms with Crippen molar-refractivity contribution in [3.05, 3.63) is 28.2 Å². The Kier molecular flexibility index (Phi) is 6.50. The van der Waals surface area contributed by atoms with Gasteiger partial charge >= 0.3 is 12.0 Å². The van der Waals surface area contributed by atoms with Gasteiger partial charge in [-0.05, 0) is 29.5 Å². The van der Waals surface area contributed by atoms with Gasteiger partial charge in [-0.2, -0.15) is 0 Å². The third-order valence-corrected chi connectivity index (χ3v) is 4.07. The molecular weight excluding hydrogens is 327 g/mol. The van der Waals surface area contributed by atoms with E-state index in [1.165, 1.54) is 0 Å². The second-order valence-corrected chi connectivity index (χ2v) is 6.94. The van der Waals surface area contributed by atoms with Crippen molar-refractivity contribution in [1.82, 2.24) is 5.32 Å². The van der Waals surface area contributed by atoms with E-state index in [1.807, 2.05) is 20.8 Å². The molecule has 5 nitrogen and oxygen atoms in total. The maximum atomic E-state index is 11.9. The average Bonchev–Trinajstić information content (AvgIpc) is 2.37. The Hall–Kier alpha value is -1.46. The largest absolute Gasteiger partial charge is 0.481 e. The third kappa shape index (κ3) is 6.12. The Bertz CT molecular complexity index is 556. The number of aliphatic carboxylic acids is 1. The van der Waals surface area contributed by atoms with E-state index >= 15 is 0 Å².